The van der Waals surface area contributed by atoms with Gasteiger partial charge in [-0.1, -0.05) is 0 Å². The van der Waals surface area contributed by atoms with Crippen molar-refractivity contribution in [2.75, 3.05) is 13.2 Å². The zero-order chi connectivity index (χ0) is 23.5. The predicted octanol–water partition coefficient (Wildman–Crippen LogP) is 7.24. The van der Waals surface area contributed by atoms with Gasteiger partial charge in [-0.25, -0.2) is 0 Å². The molecule has 182 valence electrons. The van der Waals surface area contributed by atoms with Crippen LogP contribution in [-0.4, -0.2) is 38.4 Å². The molecule has 0 N–H and O–H groups in total. The second-order valence-corrected chi connectivity index (χ2v) is 20.3. The molecule has 0 aliphatic heterocycles. The van der Waals surface area contributed by atoms with Crippen molar-refractivity contribution in [2.45, 2.75) is 114 Å². The van der Waals surface area contributed by atoms with Gasteiger partial charge < -0.3 is 0 Å². The van der Waals surface area contributed by atoms with Crippen LogP contribution in [0.3, 0.4) is 0 Å². The average molecular weight is 499 g/mol. The summed E-state index contributed by atoms with van der Waals surface area (Å²) < 4.78 is 10.9. The third kappa shape index (κ3) is 6.98. The molecule has 0 aromatic heterocycles. The number of hydrogen-bond donors (Lipinski definition) is 0. The van der Waals surface area contributed by atoms with E-state index in [1.54, 1.807) is 0 Å². The van der Waals surface area contributed by atoms with Gasteiger partial charge in [-0.3, -0.25) is 0 Å². The van der Waals surface area contributed by atoms with Crippen LogP contribution in [0.5, 0.6) is 0 Å². The Bertz CT molecular complexity index is 508. The van der Waals surface area contributed by atoms with Gasteiger partial charge in [-0.2, -0.15) is 0 Å². The normalized spacial score (nSPS) is 23.0. The molecule has 0 unspecified atom stereocenters. The van der Waals surface area contributed by atoms with Crippen LogP contribution in [0.25, 0.3) is 0 Å². The molecule has 0 amide bonds. The van der Waals surface area contributed by atoms with E-state index in [0.717, 1.165) is 0 Å². The first-order chi connectivity index (χ1) is 14.8. The van der Waals surface area contributed by atoms with Gasteiger partial charge in [0.1, 0.15) is 0 Å². The summed E-state index contributed by atoms with van der Waals surface area (Å²) in [5.74, 6) is 0.00504. The molecule has 0 aromatic rings. The molecule has 0 spiro atoms. The fourth-order valence-electron chi connectivity index (χ4n) is 5.93. The summed E-state index contributed by atoms with van der Waals surface area (Å²) in [6.45, 7) is 15.5. The minimum absolute atomic E-state index is 0.0424. The Morgan fingerprint density at radius 3 is 1.58 bits per heavy atom. The summed E-state index contributed by atoms with van der Waals surface area (Å²) in [6.07, 6.45) is 8.41. The van der Waals surface area contributed by atoms with Gasteiger partial charge in [0, 0.05) is 0 Å². The topological polar surface area (TPSA) is 52.6 Å². The Kier molecular flexibility index (Phi) is 12.8. The van der Waals surface area contributed by atoms with E-state index in [9.17, 15) is 9.59 Å². The second-order valence-electron chi connectivity index (χ2n) is 10.0. The molecule has 5 heteroatoms. The number of unbranched alkanes of at least 4 members (excludes halogenated alkanes) is 3. The molecule has 0 aromatic carbocycles. The van der Waals surface area contributed by atoms with Gasteiger partial charge in [0.05, 0.1) is 0 Å². The molecule has 0 saturated heterocycles. The second kappa shape index (κ2) is 13.9. The molecule has 1 fully saturated rings. The van der Waals surface area contributed by atoms with Gasteiger partial charge >= 0.3 is 195 Å². The summed E-state index contributed by atoms with van der Waals surface area (Å²) in [7, 11) is 0. The summed E-state index contributed by atoms with van der Waals surface area (Å²) >= 11 is -2.09. The van der Waals surface area contributed by atoms with Gasteiger partial charge in [-0.15, -0.1) is 0 Å². The van der Waals surface area contributed by atoms with E-state index in [4.69, 9.17) is 9.47 Å². The van der Waals surface area contributed by atoms with Crippen molar-refractivity contribution in [2.24, 2.45) is 23.2 Å². The van der Waals surface area contributed by atoms with Crippen LogP contribution >= 0.6 is 0 Å². The Labute approximate surface area is 195 Å². The van der Waals surface area contributed by atoms with E-state index in [1.165, 1.54) is 59.5 Å². The zero-order valence-electron chi connectivity index (χ0n) is 21.6. The third-order valence-electron chi connectivity index (χ3n) is 8.05. The quantitative estimate of drug-likeness (QED) is 0.135. The summed E-state index contributed by atoms with van der Waals surface area (Å²) in [4.78, 5) is 26.3. The van der Waals surface area contributed by atoms with Gasteiger partial charge in [0.2, 0.25) is 0 Å². The first kappa shape index (κ1) is 28.5. The van der Waals surface area contributed by atoms with Crippen molar-refractivity contribution >= 4 is 25.2 Å². The van der Waals surface area contributed by atoms with Crippen LogP contribution in [0.2, 0.25) is 21.0 Å². The van der Waals surface area contributed by atoms with E-state index < -0.39 is 18.7 Å². The average Bonchev–Trinajstić information content (AvgIpc) is 3.00. The van der Waals surface area contributed by atoms with Crippen molar-refractivity contribution in [3.8, 4) is 0 Å². The van der Waals surface area contributed by atoms with E-state index in [0.29, 0.717) is 31.5 Å². The summed E-state index contributed by atoms with van der Waals surface area (Å²) in [5, 5.41) is 5.63. The van der Waals surface area contributed by atoms with E-state index in [-0.39, 0.29) is 17.9 Å². The number of hydrogen-bond acceptors (Lipinski definition) is 4. The monoisotopic (exact) mass is 500 g/mol. The fraction of sp³-hybridized carbons (Fsp3) is 0.923. The SMILES string of the molecule is CCC[CH2][Ge]([CH2]CCC)([CH2]CCC)[CH2][C@@H]1CC(C(=O)OCC)(C(=O)OCC)[C@H](C)[C@H]1C. The van der Waals surface area contributed by atoms with Crippen molar-refractivity contribution < 1.29 is 19.1 Å². The van der Waals surface area contributed by atoms with Gasteiger partial charge in [-0.05, 0) is 0 Å². The molecule has 0 heterocycles. The number of carbonyl (C=O) groups excluding carboxylic acids is 2. The Hall–Kier alpha value is -0.517. The van der Waals surface area contributed by atoms with Crippen LogP contribution in [0.1, 0.15) is 93.4 Å². The first-order valence-electron chi connectivity index (χ1n) is 13.1. The molecule has 1 aliphatic rings. The van der Waals surface area contributed by atoms with Crippen molar-refractivity contribution in [3.05, 3.63) is 0 Å². The van der Waals surface area contributed by atoms with Crippen molar-refractivity contribution in [1.82, 2.24) is 0 Å². The summed E-state index contributed by atoms with van der Waals surface area (Å²) in [6, 6.07) is 0. The molecular weight excluding hydrogens is 449 g/mol. The van der Waals surface area contributed by atoms with Crippen LogP contribution < -0.4 is 0 Å². The maximum atomic E-state index is 13.2. The van der Waals surface area contributed by atoms with E-state index in [1.807, 2.05) is 13.8 Å². The van der Waals surface area contributed by atoms with E-state index >= 15 is 0 Å². The zero-order valence-corrected chi connectivity index (χ0v) is 23.7. The number of rotatable bonds is 15. The minimum atomic E-state index is -2.09. The number of ether oxygens (including phenoxy) is 2. The van der Waals surface area contributed by atoms with Crippen molar-refractivity contribution in [1.29, 1.82) is 0 Å². The van der Waals surface area contributed by atoms with Crippen LogP contribution in [0.15, 0.2) is 0 Å². The predicted molar refractivity (Wildman–Crippen MR) is 132 cm³/mol. The molecule has 1 saturated carbocycles. The van der Waals surface area contributed by atoms with Crippen LogP contribution in [0, 0.1) is 23.2 Å². The number of carbonyl (C=O) groups is 2. The molecule has 1 aliphatic carbocycles. The van der Waals surface area contributed by atoms with Crippen LogP contribution in [-0.2, 0) is 19.1 Å². The standard InChI is InChI=1S/C26H50GeO4/c1-8-13-16-27(17-14-9-2,18-15-10-3)20-23-19-26(22(7)21(23)6,24(28)30-11-4)25(29)31-12-5/h21-23H,8-20H2,1-7H3/t21-,22-,23+/m1/s1. The summed E-state index contributed by atoms with van der Waals surface area (Å²) in [5.41, 5.74) is -1.12. The Balaban J connectivity index is 3.27. The Morgan fingerprint density at radius 1 is 0.806 bits per heavy atom. The first-order valence-corrected chi connectivity index (χ1v) is 19.1. The molecule has 4 nitrogen and oxygen atoms in total. The van der Waals surface area contributed by atoms with E-state index in [2.05, 4.69) is 34.6 Å². The molecule has 31 heavy (non-hydrogen) atoms. The molecule has 0 radical (unpaired) electrons. The third-order valence-corrected chi connectivity index (χ3v) is 19.9. The van der Waals surface area contributed by atoms with Crippen molar-refractivity contribution in [3.63, 3.8) is 0 Å². The van der Waals surface area contributed by atoms with Gasteiger partial charge in [0.25, 0.3) is 0 Å². The van der Waals surface area contributed by atoms with Crippen LogP contribution in [0.4, 0.5) is 0 Å². The fourth-order valence-corrected chi connectivity index (χ4v) is 19.2. The number of esters is 2. The molecular formula is C26H50GeO4. The van der Waals surface area contributed by atoms with Gasteiger partial charge in [0.15, 0.2) is 0 Å². The molecule has 0 bridgehead atoms. The molecule has 3 atom stereocenters. The maximum absolute atomic E-state index is 13.2. The molecule has 1 rings (SSSR count). The Morgan fingerprint density at radius 2 is 1.23 bits per heavy atom.